The third-order valence-electron chi connectivity index (χ3n) is 3.38. The lowest BCUT2D eigenvalue weighted by Crippen LogP contribution is -2.14. The zero-order valence-corrected chi connectivity index (χ0v) is 19.5. The second kappa shape index (κ2) is 15.5. The summed E-state index contributed by atoms with van der Waals surface area (Å²) in [7, 11) is 8.00. The third kappa shape index (κ3) is 10.2. The van der Waals surface area contributed by atoms with Crippen LogP contribution in [0.1, 0.15) is 33.2 Å². The predicted octanol–water partition coefficient (Wildman–Crippen LogP) is 3.22. The molecule has 0 atom stereocenters. The van der Waals surface area contributed by atoms with Gasteiger partial charge in [-0.25, -0.2) is 4.79 Å². The fourth-order valence-electron chi connectivity index (χ4n) is 2.25. The van der Waals surface area contributed by atoms with E-state index in [1.807, 2.05) is 30.3 Å². The van der Waals surface area contributed by atoms with Crippen molar-refractivity contribution in [3.8, 4) is 0 Å². The Labute approximate surface area is 204 Å². The average molecular weight is 478 g/mol. The van der Waals surface area contributed by atoms with Crippen molar-refractivity contribution in [3.05, 3.63) is 63.0 Å². The van der Waals surface area contributed by atoms with Crippen molar-refractivity contribution >= 4 is 87.3 Å². The second-order valence-electron chi connectivity index (χ2n) is 5.81. The van der Waals surface area contributed by atoms with Crippen molar-refractivity contribution in [2.24, 2.45) is 0 Å². The third-order valence-corrected chi connectivity index (χ3v) is 5.20. The van der Waals surface area contributed by atoms with Gasteiger partial charge in [-0.15, -0.1) is 22.7 Å². The number of anilines is 3. The van der Waals surface area contributed by atoms with Crippen LogP contribution in [-0.2, 0) is 9.59 Å². The molecule has 2 aromatic heterocycles. The largest absolute Gasteiger partial charge is 0.477 e. The first-order valence-electron chi connectivity index (χ1n) is 8.91. The summed E-state index contributed by atoms with van der Waals surface area (Å²) in [6, 6.07) is 12.5. The van der Waals surface area contributed by atoms with Gasteiger partial charge in [0.1, 0.15) is 9.75 Å². The molecule has 0 unspecified atom stereocenters. The lowest BCUT2D eigenvalue weighted by Gasteiger charge is -2.06. The molecular weight excluding hydrogens is 459 g/mol. The summed E-state index contributed by atoms with van der Waals surface area (Å²) in [5.41, 5.74) is 1.63. The monoisotopic (exact) mass is 478 g/mol. The van der Waals surface area contributed by atoms with E-state index in [9.17, 15) is 19.2 Å². The minimum atomic E-state index is -1.02. The number of carbonyl (C=O) groups excluding carboxylic acids is 3. The van der Waals surface area contributed by atoms with Gasteiger partial charge < -0.3 is 21.1 Å². The van der Waals surface area contributed by atoms with Gasteiger partial charge in [0.05, 0.1) is 11.4 Å². The normalized spacial score (nSPS) is 8.91. The summed E-state index contributed by atoms with van der Waals surface area (Å²) < 4.78 is 0. The summed E-state index contributed by atoms with van der Waals surface area (Å²) in [6.07, 6.45) is 0. The van der Waals surface area contributed by atoms with Crippen LogP contribution in [0.2, 0.25) is 0 Å². The SMILES string of the molecule is CC(=O)Nc1ccsc1C(=O)Nc1ccccc1.CC(=O)Nc1ccsc1C(=O)O.[B].[B][B]. The molecule has 3 amide bonds. The number of carbonyl (C=O) groups is 4. The van der Waals surface area contributed by atoms with E-state index in [2.05, 4.69) is 31.4 Å². The highest BCUT2D eigenvalue weighted by Crippen LogP contribution is 2.23. The molecule has 0 aliphatic rings. The first kappa shape index (κ1) is 29.7. The topological polar surface area (TPSA) is 125 Å². The van der Waals surface area contributed by atoms with Crippen LogP contribution < -0.4 is 16.0 Å². The van der Waals surface area contributed by atoms with E-state index in [0.717, 1.165) is 17.0 Å². The standard InChI is InChI=1S/C13H12N2O2S.C7H7NO3S.B2.B/c1-9(16)14-11-7-8-18-12(11)13(17)15-10-5-3-2-4-6-10;1-4(9)8-5-2-3-12-6(5)7(10)11;1-2;/h2-8H,1H3,(H,14,16)(H,15,17);2-3H,1H3,(H,8,9)(H,10,11);;. The highest BCUT2D eigenvalue weighted by atomic mass is 32.1. The zero-order valence-electron chi connectivity index (χ0n) is 17.8. The van der Waals surface area contributed by atoms with Crippen molar-refractivity contribution in [3.63, 3.8) is 0 Å². The Morgan fingerprint density at radius 3 is 1.67 bits per heavy atom. The van der Waals surface area contributed by atoms with Gasteiger partial charge in [0, 0.05) is 43.4 Å². The molecule has 3 aromatic rings. The fraction of sp³-hybridized carbons (Fsp3) is 0.100. The van der Waals surface area contributed by atoms with Crippen molar-refractivity contribution in [2.45, 2.75) is 13.8 Å². The van der Waals surface area contributed by atoms with Crippen molar-refractivity contribution < 1.29 is 24.3 Å². The van der Waals surface area contributed by atoms with E-state index >= 15 is 0 Å². The van der Waals surface area contributed by atoms with Crippen LogP contribution in [0.25, 0.3) is 0 Å². The number of carboxylic acids is 1. The van der Waals surface area contributed by atoms with Crippen molar-refractivity contribution in [1.82, 2.24) is 0 Å². The Morgan fingerprint density at radius 2 is 1.21 bits per heavy atom. The van der Waals surface area contributed by atoms with Crippen LogP contribution in [0.15, 0.2) is 53.2 Å². The molecule has 33 heavy (non-hydrogen) atoms. The van der Waals surface area contributed by atoms with Crippen LogP contribution in [0.4, 0.5) is 17.1 Å². The van der Waals surface area contributed by atoms with E-state index in [0.29, 0.717) is 16.3 Å². The van der Waals surface area contributed by atoms with E-state index in [4.69, 9.17) is 5.11 Å². The molecule has 165 valence electrons. The number of hydrogen-bond acceptors (Lipinski definition) is 6. The molecule has 3 rings (SSSR count). The Morgan fingerprint density at radius 1 is 0.758 bits per heavy atom. The fourth-order valence-corrected chi connectivity index (χ4v) is 3.68. The number of hydrogen-bond donors (Lipinski definition) is 4. The van der Waals surface area contributed by atoms with E-state index < -0.39 is 5.97 Å². The maximum Gasteiger partial charge on any atom is 0.348 e. The van der Waals surface area contributed by atoms with Crippen molar-refractivity contribution in [2.75, 3.05) is 16.0 Å². The summed E-state index contributed by atoms with van der Waals surface area (Å²) >= 11 is 2.38. The maximum atomic E-state index is 12.0. The van der Waals surface area contributed by atoms with Gasteiger partial charge in [-0.3, -0.25) is 14.4 Å². The number of aromatic carboxylic acids is 1. The molecular formula is C20H19B3N3O5S2. The Kier molecular flexibility index (Phi) is 13.9. The first-order chi connectivity index (χ1) is 15.3. The van der Waals surface area contributed by atoms with Gasteiger partial charge >= 0.3 is 5.97 Å². The Bertz CT molecular complexity index is 1060. The molecule has 0 aliphatic carbocycles. The quantitative estimate of drug-likeness (QED) is 0.420. The number of amides is 3. The van der Waals surface area contributed by atoms with E-state index in [1.54, 1.807) is 22.9 Å². The minimum absolute atomic E-state index is 0. The molecule has 0 spiro atoms. The van der Waals surface area contributed by atoms with E-state index in [1.165, 1.54) is 25.2 Å². The number of thiophene rings is 2. The number of benzene rings is 1. The summed E-state index contributed by atoms with van der Waals surface area (Å²) in [4.78, 5) is 44.8. The number of para-hydroxylation sites is 1. The van der Waals surface area contributed by atoms with Crippen LogP contribution in [0.3, 0.4) is 0 Å². The number of rotatable bonds is 5. The molecule has 13 heteroatoms. The second-order valence-corrected chi connectivity index (χ2v) is 7.65. The molecule has 0 fully saturated rings. The maximum absolute atomic E-state index is 12.0. The molecule has 0 aliphatic heterocycles. The molecule has 2 heterocycles. The first-order valence-corrected chi connectivity index (χ1v) is 10.7. The van der Waals surface area contributed by atoms with Gasteiger partial charge in [-0.1, -0.05) is 18.2 Å². The molecule has 7 radical (unpaired) electrons. The van der Waals surface area contributed by atoms with Gasteiger partial charge in [0.25, 0.3) is 5.91 Å². The number of nitrogens with one attached hydrogen (secondary N) is 3. The lowest BCUT2D eigenvalue weighted by molar-refractivity contribution is -0.115. The van der Waals surface area contributed by atoms with Crippen molar-refractivity contribution in [1.29, 1.82) is 0 Å². The van der Waals surface area contributed by atoms with Gasteiger partial charge in [-0.05, 0) is 35.0 Å². The zero-order chi connectivity index (χ0) is 24.1. The Balaban J connectivity index is 0.000000599. The molecule has 0 saturated heterocycles. The lowest BCUT2D eigenvalue weighted by atomic mass is 9.81. The van der Waals surface area contributed by atoms with Crippen LogP contribution in [0, 0.1) is 0 Å². The molecule has 4 N–H and O–H groups in total. The molecule has 1 aromatic carbocycles. The average Bonchev–Trinajstić information content (AvgIpc) is 3.39. The van der Waals surface area contributed by atoms with Crippen LogP contribution in [-0.4, -0.2) is 52.7 Å². The highest BCUT2D eigenvalue weighted by Gasteiger charge is 2.14. The molecule has 0 bridgehead atoms. The van der Waals surface area contributed by atoms with Gasteiger partial charge in [0.15, 0.2) is 0 Å². The summed E-state index contributed by atoms with van der Waals surface area (Å²) in [5.74, 6) is -1.70. The van der Waals surface area contributed by atoms with Gasteiger partial charge in [0.2, 0.25) is 11.8 Å². The summed E-state index contributed by atoms with van der Waals surface area (Å²) in [6.45, 7) is 2.75. The minimum Gasteiger partial charge on any atom is -0.477 e. The highest BCUT2D eigenvalue weighted by molar-refractivity contribution is 7.13. The smallest absolute Gasteiger partial charge is 0.348 e. The van der Waals surface area contributed by atoms with E-state index in [-0.39, 0.29) is 31.0 Å². The van der Waals surface area contributed by atoms with Crippen LogP contribution >= 0.6 is 22.7 Å². The summed E-state index contributed by atoms with van der Waals surface area (Å²) in [5, 5.41) is 19.8. The Hall–Kier alpha value is -3.31. The van der Waals surface area contributed by atoms with Crippen LogP contribution in [0.5, 0.6) is 0 Å². The predicted molar refractivity (Wildman–Crippen MR) is 136 cm³/mol. The number of carboxylic acid groups (broad SMARTS) is 1. The van der Waals surface area contributed by atoms with Gasteiger partial charge in [-0.2, -0.15) is 0 Å². The molecule has 8 nitrogen and oxygen atoms in total. The molecule has 0 saturated carbocycles.